The van der Waals surface area contributed by atoms with Gasteiger partial charge in [0.25, 0.3) is 0 Å². The summed E-state index contributed by atoms with van der Waals surface area (Å²) in [6.07, 6.45) is 1.69. The van der Waals surface area contributed by atoms with E-state index in [1.165, 1.54) is 0 Å². The van der Waals surface area contributed by atoms with Crippen LogP contribution < -0.4 is 0 Å². The number of hydrogen-bond donors (Lipinski definition) is 1. The molecule has 0 aliphatic carbocycles. The van der Waals surface area contributed by atoms with Crippen molar-refractivity contribution in [3.05, 3.63) is 35.9 Å². The molecule has 0 spiro atoms. The van der Waals surface area contributed by atoms with E-state index in [1.54, 1.807) is 0 Å². The number of morpholine rings is 1. The van der Waals surface area contributed by atoms with Crippen molar-refractivity contribution in [1.82, 2.24) is 4.90 Å². The molecule has 1 aromatic carbocycles. The van der Waals surface area contributed by atoms with Crippen molar-refractivity contribution in [2.45, 2.75) is 44.8 Å². The zero-order valence-corrected chi connectivity index (χ0v) is 12.9. The summed E-state index contributed by atoms with van der Waals surface area (Å²) in [7, 11) is 0. The molecule has 0 saturated carbocycles. The van der Waals surface area contributed by atoms with E-state index < -0.39 is 5.97 Å². The second kappa shape index (κ2) is 7.94. The lowest BCUT2D eigenvalue weighted by molar-refractivity contribution is -0.145. The number of carbonyl (C=O) groups is 2. The van der Waals surface area contributed by atoms with Gasteiger partial charge in [-0.3, -0.25) is 9.59 Å². The zero-order valence-electron chi connectivity index (χ0n) is 12.9. The van der Waals surface area contributed by atoms with Gasteiger partial charge < -0.3 is 14.7 Å². The molecule has 1 heterocycles. The average molecular weight is 305 g/mol. The highest BCUT2D eigenvalue weighted by Gasteiger charge is 2.31. The minimum absolute atomic E-state index is 0.0305. The van der Waals surface area contributed by atoms with Crippen LogP contribution in [0.2, 0.25) is 0 Å². The maximum Gasteiger partial charge on any atom is 0.303 e. The molecule has 1 aliphatic heterocycles. The molecule has 0 radical (unpaired) electrons. The highest BCUT2D eigenvalue weighted by Crippen LogP contribution is 2.27. The number of hydrogen-bond acceptors (Lipinski definition) is 3. The summed E-state index contributed by atoms with van der Waals surface area (Å²) in [4.78, 5) is 24.9. The topological polar surface area (TPSA) is 66.8 Å². The predicted molar refractivity (Wildman–Crippen MR) is 82.4 cm³/mol. The van der Waals surface area contributed by atoms with Crippen molar-refractivity contribution in [3.8, 4) is 0 Å². The Bertz CT molecular complexity index is 503. The quantitative estimate of drug-likeness (QED) is 0.820. The molecule has 1 fully saturated rings. The number of carboxylic acids is 1. The summed E-state index contributed by atoms with van der Waals surface area (Å²) >= 11 is 0. The summed E-state index contributed by atoms with van der Waals surface area (Å²) in [5.74, 6) is -0.732. The van der Waals surface area contributed by atoms with Crippen LogP contribution >= 0.6 is 0 Å². The average Bonchev–Trinajstić information content (AvgIpc) is 2.52. The van der Waals surface area contributed by atoms with Gasteiger partial charge in [-0.05, 0) is 25.3 Å². The normalized spacial score (nSPS) is 21.6. The Morgan fingerprint density at radius 3 is 2.59 bits per heavy atom. The van der Waals surface area contributed by atoms with Gasteiger partial charge in [-0.25, -0.2) is 0 Å². The molecule has 2 rings (SSSR count). The van der Waals surface area contributed by atoms with E-state index in [2.05, 4.69) is 0 Å². The van der Waals surface area contributed by atoms with Crippen LogP contribution in [0.5, 0.6) is 0 Å². The lowest BCUT2D eigenvalue weighted by Crippen LogP contribution is -2.46. The molecule has 1 amide bonds. The molecule has 120 valence electrons. The van der Waals surface area contributed by atoms with Gasteiger partial charge in [0.05, 0.1) is 18.8 Å². The summed E-state index contributed by atoms with van der Waals surface area (Å²) in [5.41, 5.74) is 1.08. The minimum atomic E-state index is -0.811. The second-order valence-corrected chi connectivity index (χ2v) is 5.72. The Balaban J connectivity index is 1.97. The molecule has 0 aromatic heterocycles. The van der Waals surface area contributed by atoms with Crippen molar-refractivity contribution in [1.29, 1.82) is 0 Å². The van der Waals surface area contributed by atoms with Crippen LogP contribution in [0.25, 0.3) is 0 Å². The third-order valence-corrected chi connectivity index (χ3v) is 3.90. The number of benzene rings is 1. The molecule has 1 aliphatic rings. The molecular weight excluding hydrogens is 282 g/mol. The summed E-state index contributed by atoms with van der Waals surface area (Å²) in [6, 6.07) is 9.84. The predicted octanol–water partition coefficient (Wildman–Crippen LogP) is 2.62. The van der Waals surface area contributed by atoms with E-state index in [4.69, 9.17) is 9.84 Å². The first-order chi connectivity index (χ1) is 10.6. The van der Waals surface area contributed by atoms with Gasteiger partial charge in [0, 0.05) is 19.4 Å². The fourth-order valence-electron chi connectivity index (χ4n) is 2.73. The largest absolute Gasteiger partial charge is 0.481 e. The van der Waals surface area contributed by atoms with Crippen LogP contribution in [0.3, 0.4) is 0 Å². The lowest BCUT2D eigenvalue weighted by Gasteiger charge is -2.39. The number of carboxylic acid groups (broad SMARTS) is 1. The number of carbonyl (C=O) groups excluding carboxylic acids is 1. The molecule has 1 N–H and O–H groups in total. The van der Waals surface area contributed by atoms with Crippen molar-refractivity contribution >= 4 is 11.9 Å². The van der Waals surface area contributed by atoms with E-state index in [0.717, 1.165) is 5.56 Å². The molecular formula is C17H23NO4. The number of rotatable bonds is 6. The Kier molecular flexibility index (Phi) is 5.95. The Morgan fingerprint density at radius 2 is 1.91 bits per heavy atom. The number of unbranched alkanes of at least 4 members (excludes halogenated alkanes) is 1. The summed E-state index contributed by atoms with van der Waals surface area (Å²) in [5, 5.41) is 8.64. The first-order valence-corrected chi connectivity index (χ1v) is 7.75. The van der Waals surface area contributed by atoms with Crippen molar-refractivity contribution in [2.24, 2.45) is 0 Å². The zero-order chi connectivity index (χ0) is 15.9. The number of nitrogens with zero attached hydrogens (tertiary/aromatic N) is 1. The Hall–Kier alpha value is -1.88. The molecule has 2 unspecified atom stereocenters. The number of amides is 1. The lowest BCUT2D eigenvalue weighted by atomic mass is 10.0. The molecule has 5 nitrogen and oxygen atoms in total. The highest BCUT2D eigenvalue weighted by molar-refractivity contribution is 5.77. The smallest absolute Gasteiger partial charge is 0.303 e. The summed E-state index contributed by atoms with van der Waals surface area (Å²) < 4.78 is 5.71. The monoisotopic (exact) mass is 305 g/mol. The molecule has 1 saturated heterocycles. The van der Waals surface area contributed by atoms with Gasteiger partial charge in [0.15, 0.2) is 0 Å². The van der Waals surface area contributed by atoms with Gasteiger partial charge >= 0.3 is 5.97 Å². The fourth-order valence-corrected chi connectivity index (χ4v) is 2.73. The maximum atomic E-state index is 12.5. The number of ether oxygens (including phenoxy) is 1. The van der Waals surface area contributed by atoms with Crippen molar-refractivity contribution in [2.75, 3.05) is 13.2 Å². The van der Waals surface area contributed by atoms with E-state index in [1.807, 2.05) is 42.2 Å². The van der Waals surface area contributed by atoms with Gasteiger partial charge in [-0.2, -0.15) is 0 Å². The van der Waals surface area contributed by atoms with Gasteiger partial charge in [-0.15, -0.1) is 0 Å². The van der Waals surface area contributed by atoms with Crippen LogP contribution in [-0.2, 0) is 14.3 Å². The van der Waals surface area contributed by atoms with E-state index in [0.29, 0.717) is 32.4 Å². The molecule has 2 atom stereocenters. The first-order valence-electron chi connectivity index (χ1n) is 7.75. The van der Waals surface area contributed by atoms with Crippen LogP contribution in [0.1, 0.15) is 44.2 Å². The van der Waals surface area contributed by atoms with Crippen molar-refractivity contribution in [3.63, 3.8) is 0 Å². The second-order valence-electron chi connectivity index (χ2n) is 5.72. The Morgan fingerprint density at radius 1 is 1.23 bits per heavy atom. The standard InChI is InChI=1S/C17H23NO4/c1-13-11-18(16(19)9-5-6-10-17(20)21)15(12-22-13)14-7-3-2-4-8-14/h2-4,7-8,13,15H,5-6,9-12H2,1H3,(H,20,21). The first kappa shape index (κ1) is 16.5. The SMILES string of the molecule is CC1CN(C(=O)CCCCC(=O)O)C(c2ccccc2)CO1. The molecule has 0 bridgehead atoms. The van der Waals surface area contributed by atoms with Gasteiger partial charge in [0.1, 0.15) is 0 Å². The maximum absolute atomic E-state index is 12.5. The van der Waals surface area contributed by atoms with E-state index in [-0.39, 0.29) is 24.5 Å². The van der Waals surface area contributed by atoms with Crippen molar-refractivity contribution < 1.29 is 19.4 Å². The third kappa shape index (κ3) is 4.56. The summed E-state index contributed by atoms with van der Waals surface area (Å²) in [6.45, 7) is 3.05. The van der Waals surface area contributed by atoms with Crippen LogP contribution in [0, 0.1) is 0 Å². The van der Waals surface area contributed by atoms with E-state index in [9.17, 15) is 9.59 Å². The highest BCUT2D eigenvalue weighted by atomic mass is 16.5. The third-order valence-electron chi connectivity index (χ3n) is 3.90. The molecule has 5 heteroatoms. The van der Waals surface area contributed by atoms with Crippen LogP contribution in [0.15, 0.2) is 30.3 Å². The fraction of sp³-hybridized carbons (Fsp3) is 0.529. The van der Waals surface area contributed by atoms with Crippen LogP contribution in [0.4, 0.5) is 0 Å². The molecule has 1 aromatic rings. The van der Waals surface area contributed by atoms with E-state index >= 15 is 0 Å². The van der Waals surface area contributed by atoms with Gasteiger partial charge in [-0.1, -0.05) is 30.3 Å². The Labute approximate surface area is 130 Å². The molecule has 22 heavy (non-hydrogen) atoms. The number of aliphatic carboxylic acids is 1. The van der Waals surface area contributed by atoms with Crippen LogP contribution in [-0.4, -0.2) is 41.1 Å². The van der Waals surface area contributed by atoms with Gasteiger partial charge in [0.2, 0.25) is 5.91 Å². The minimum Gasteiger partial charge on any atom is -0.481 e.